The van der Waals surface area contributed by atoms with E-state index in [1.165, 1.54) is 4.40 Å². The number of aromatic nitrogens is 4. The van der Waals surface area contributed by atoms with Gasteiger partial charge in [-0.25, -0.2) is 9.67 Å². The number of nitriles is 1. The molecule has 3 heterocycles. The number of nitrogens with zero attached hydrogens (tertiary/aromatic N) is 5. The minimum Gasteiger partial charge on any atom is -0.485 e. The highest BCUT2D eigenvalue weighted by molar-refractivity contribution is 6.30. The maximum Gasteiger partial charge on any atom is 0.267 e. The molecule has 5 aromatic rings. The Morgan fingerprint density at radius 2 is 1.86 bits per heavy atom. The highest BCUT2D eigenvalue weighted by atomic mass is 35.5. The van der Waals surface area contributed by atoms with Gasteiger partial charge in [-0.2, -0.15) is 10.4 Å². The minimum atomic E-state index is -0.243. The van der Waals surface area contributed by atoms with Crippen LogP contribution >= 0.6 is 11.6 Å². The van der Waals surface area contributed by atoms with Gasteiger partial charge in [0.25, 0.3) is 5.56 Å². The molecule has 0 N–H and O–H groups in total. The van der Waals surface area contributed by atoms with Gasteiger partial charge in [0.15, 0.2) is 11.4 Å². The van der Waals surface area contributed by atoms with Crippen molar-refractivity contribution in [3.8, 4) is 28.8 Å². The van der Waals surface area contributed by atoms with Gasteiger partial charge in [-0.3, -0.25) is 9.20 Å². The number of pyridine rings is 1. The monoisotopic (exact) mass is 495 g/mol. The van der Waals surface area contributed by atoms with Crippen LogP contribution in [0.4, 0.5) is 0 Å². The summed E-state index contributed by atoms with van der Waals surface area (Å²) < 4.78 is 9.26. The van der Waals surface area contributed by atoms with Crippen LogP contribution in [0, 0.1) is 32.1 Å². The van der Waals surface area contributed by atoms with Crippen LogP contribution in [-0.4, -0.2) is 19.2 Å². The second-order valence-corrected chi connectivity index (χ2v) is 8.95. The first-order valence-corrected chi connectivity index (χ1v) is 11.7. The van der Waals surface area contributed by atoms with Crippen LogP contribution < -0.4 is 10.3 Å². The van der Waals surface area contributed by atoms with Gasteiger partial charge in [0.05, 0.1) is 28.6 Å². The molecule has 2 aromatic carbocycles. The molecule has 0 aliphatic rings. The smallest absolute Gasteiger partial charge is 0.267 e. The normalized spacial score (nSPS) is 11.0. The number of fused-ring (bicyclic) bond motifs is 1. The molecule has 3 aromatic heterocycles. The van der Waals surface area contributed by atoms with E-state index in [0.29, 0.717) is 38.9 Å². The Labute approximate surface area is 212 Å². The molecular formula is C28H22ClN5O2. The third-order valence-corrected chi connectivity index (χ3v) is 6.30. The summed E-state index contributed by atoms with van der Waals surface area (Å²) in [6.07, 6.45) is 1.66. The van der Waals surface area contributed by atoms with Crippen LogP contribution in [0.25, 0.3) is 22.6 Å². The first-order chi connectivity index (χ1) is 17.4. The van der Waals surface area contributed by atoms with Crippen molar-refractivity contribution in [1.82, 2.24) is 19.2 Å². The van der Waals surface area contributed by atoms with E-state index in [2.05, 4.69) is 6.07 Å². The molecule has 0 saturated heterocycles. The summed E-state index contributed by atoms with van der Waals surface area (Å²) >= 11 is 6.22. The second-order valence-electron chi connectivity index (χ2n) is 8.51. The largest absolute Gasteiger partial charge is 0.485 e. The van der Waals surface area contributed by atoms with Crippen molar-refractivity contribution in [2.75, 3.05) is 0 Å². The van der Waals surface area contributed by atoms with E-state index in [4.69, 9.17) is 26.4 Å². The van der Waals surface area contributed by atoms with Crippen molar-refractivity contribution in [3.63, 3.8) is 0 Å². The van der Waals surface area contributed by atoms with E-state index in [1.807, 2.05) is 56.3 Å². The molecule has 5 rings (SSSR count). The van der Waals surface area contributed by atoms with Gasteiger partial charge in [0.1, 0.15) is 12.3 Å². The van der Waals surface area contributed by atoms with E-state index in [9.17, 15) is 10.1 Å². The maximum absolute atomic E-state index is 13.6. The molecule has 0 saturated carbocycles. The highest BCUT2D eigenvalue weighted by Gasteiger charge is 2.19. The molecule has 0 unspecified atom stereocenters. The first kappa shape index (κ1) is 23.3. The molecular weight excluding hydrogens is 474 g/mol. The zero-order valence-electron chi connectivity index (χ0n) is 20.0. The quantitative estimate of drug-likeness (QED) is 0.318. The van der Waals surface area contributed by atoms with Crippen LogP contribution in [-0.2, 0) is 6.61 Å². The van der Waals surface area contributed by atoms with Gasteiger partial charge >= 0.3 is 0 Å². The molecule has 36 heavy (non-hydrogen) atoms. The molecule has 0 fully saturated rings. The van der Waals surface area contributed by atoms with Gasteiger partial charge in [-0.1, -0.05) is 35.9 Å². The Morgan fingerprint density at radius 1 is 1.06 bits per heavy atom. The summed E-state index contributed by atoms with van der Waals surface area (Å²) in [5, 5.41) is 14.7. The minimum absolute atomic E-state index is 0.183. The molecule has 0 atom stereocenters. The Morgan fingerprint density at radius 3 is 2.67 bits per heavy atom. The average molecular weight is 496 g/mol. The topological polar surface area (TPSA) is 85.2 Å². The van der Waals surface area contributed by atoms with Crippen molar-refractivity contribution in [1.29, 1.82) is 5.26 Å². The van der Waals surface area contributed by atoms with Crippen LogP contribution in [0.15, 0.2) is 71.7 Å². The fraction of sp³-hybridized carbons (Fsp3) is 0.143. The van der Waals surface area contributed by atoms with Gasteiger partial charge in [0.2, 0.25) is 0 Å². The molecule has 0 radical (unpaired) electrons. The molecule has 0 spiro atoms. The van der Waals surface area contributed by atoms with E-state index >= 15 is 0 Å². The lowest BCUT2D eigenvalue weighted by Crippen LogP contribution is -2.19. The summed E-state index contributed by atoms with van der Waals surface area (Å²) in [5.41, 5.74) is 5.69. The Hall–Kier alpha value is -4.41. The van der Waals surface area contributed by atoms with Crippen molar-refractivity contribution in [3.05, 3.63) is 110 Å². The molecule has 0 aliphatic heterocycles. The number of hydrogen-bond donors (Lipinski definition) is 0. The molecule has 178 valence electrons. The zero-order valence-corrected chi connectivity index (χ0v) is 20.7. The molecule has 0 aliphatic carbocycles. The molecule has 0 amide bonds. The van der Waals surface area contributed by atoms with Crippen molar-refractivity contribution >= 4 is 17.2 Å². The van der Waals surface area contributed by atoms with Crippen molar-refractivity contribution in [2.45, 2.75) is 27.4 Å². The summed E-state index contributed by atoms with van der Waals surface area (Å²) in [4.78, 5) is 18.3. The van der Waals surface area contributed by atoms with Crippen LogP contribution in [0.1, 0.15) is 28.1 Å². The lowest BCUT2D eigenvalue weighted by Gasteiger charge is -2.12. The predicted octanol–water partition coefficient (Wildman–Crippen LogP) is 5.58. The fourth-order valence-corrected chi connectivity index (χ4v) is 4.38. The van der Waals surface area contributed by atoms with E-state index in [0.717, 1.165) is 22.5 Å². The van der Waals surface area contributed by atoms with Crippen LogP contribution in [0.5, 0.6) is 5.75 Å². The van der Waals surface area contributed by atoms with Gasteiger partial charge in [-0.05, 0) is 62.7 Å². The lowest BCUT2D eigenvalue weighted by atomic mass is 10.1. The predicted molar refractivity (Wildman–Crippen MR) is 139 cm³/mol. The summed E-state index contributed by atoms with van der Waals surface area (Å²) in [5.74, 6) is 0.452. The molecule has 8 heteroatoms. The SMILES string of the molecule is Cc1ccc(Cl)cc1-n1nc(-c2c(C)nc3c(OCc4ccccc4C#N)cccn3c2=O)cc1C. The number of rotatable bonds is 5. The van der Waals surface area contributed by atoms with Crippen molar-refractivity contribution < 1.29 is 4.74 Å². The van der Waals surface area contributed by atoms with E-state index < -0.39 is 0 Å². The Bertz CT molecular complexity index is 1730. The van der Waals surface area contributed by atoms with Gasteiger partial charge < -0.3 is 4.74 Å². The Balaban J connectivity index is 1.57. The maximum atomic E-state index is 13.6. The number of halogens is 1. The van der Waals surface area contributed by atoms with Crippen molar-refractivity contribution in [2.24, 2.45) is 0 Å². The summed E-state index contributed by atoms with van der Waals surface area (Å²) in [6.45, 7) is 5.89. The number of hydrogen-bond acceptors (Lipinski definition) is 5. The zero-order chi connectivity index (χ0) is 25.4. The third-order valence-electron chi connectivity index (χ3n) is 6.06. The van der Waals surface area contributed by atoms with E-state index in [1.54, 1.807) is 36.0 Å². The summed E-state index contributed by atoms with van der Waals surface area (Å²) in [6, 6.07) is 20.4. The number of aryl methyl sites for hydroxylation is 3. The second kappa shape index (κ2) is 9.33. The number of benzene rings is 2. The number of ether oxygens (including phenoxy) is 1. The van der Waals surface area contributed by atoms with Crippen LogP contribution in [0.2, 0.25) is 5.02 Å². The highest BCUT2D eigenvalue weighted by Crippen LogP contribution is 2.26. The fourth-order valence-electron chi connectivity index (χ4n) is 4.21. The molecule has 7 nitrogen and oxygen atoms in total. The average Bonchev–Trinajstić information content (AvgIpc) is 3.25. The summed E-state index contributed by atoms with van der Waals surface area (Å²) in [7, 11) is 0. The van der Waals surface area contributed by atoms with E-state index in [-0.39, 0.29) is 12.2 Å². The van der Waals surface area contributed by atoms with Gasteiger partial charge in [-0.15, -0.1) is 0 Å². The van der Waals surface area contributed by atoms with Crippen LogP contribution in [0.3, 0.4) is 0 Å². The third kappa shape index (κ3) is 4.12. The lowest BCUT2D eigenvalue weighted by molar-refractivity contribution is 0.307. The first-order valence-electron chi connectivity index (χ1n) is 11.3. The van der Waals surface area contributed by atoms with Gasteiger partial charge in [0, 0.05) is 22.5 Å². The standard InChI is InChI=1S/C28H22ClN5O2/c1-17-10-11-22(29)14-24(17)34-18(2)13-23(32-34)26-19(3)31-27-25(9-6-12-33(27)28(26)35)36-16-21-8-5-4-7-20(21)15-30/h4-14H,16H2,1-3H3. The molecule has 0 bridgehead atoms. The Kier molecular flexibility index (Phi) is 6.05.